The second-order valence-corrected chi connectivity index (χ2v) is 6.11. The number of hydrogen-bond donors (Lipinski definition) is 1. The molecule has 116 valence electrons. The molecule has 3 rings (SSSR count). The van der Waals surface area contributed by atoms with Gasteiger partial charge < -0.3 is 9.73 Å². The van der Waals surface area contributed by atoms with Crippen molar-refractivity contribution in [3.8, 4) is 0 Å². The fourth-order valence-electron chi connectivity index (χ4n) is 2.12. The van der Waals surface area contributed by atoms with Crippen molar-refractivity contribution in [3.05, 3.63) is 89.9 Å². The average Bonchev–Trinajstić information content (AvgIpc) is 3.13. The monoisotopic (exact) mass is 323 g/mol. The van der Waals surface area contributed by atoms with Gasteiger partial charge in [0.15, 0.2) is 0 Å². The van der Waals surface area contributed by atoms with Crippen LogP contribution in [0.1, 0.15) is 21.7 Å². The average molecular weight is 323 g/mol. The van der Waals surface area contributed by atoms with Crippen molar-refractivity contribution in [2.75, 3.05) is 0 Å². The Balaban J connectivity index is 1.53. The summed E-state index contributed by atoms with van der Waals surface area (Å²) >= 11 is 1.78. The van der Waals surface area contributed by atoms with Gasteiger partial charge in [-0.25, -0.2) is 0 Å². The first-order valence-corrected chi connectivity index (χ1v) is 8.37. The third-order valence-electron chi connectivity index (χ3n) is 3.37. The zero-order valence-electron chi connectivity index (χ0n) is 12.6. The van der Waals surface area contributed by atoms with Crippen molar-refractivity contribution in [1.82, 2.24) is 5.32 Å². The van der Waals surface area contributed by atoms with Crippen LogP contribution < -0.4 is 5.32 Å². The minimum absolute atomic E-state index is 0.0938. The zero-order chi connectivity index (χ0) is 15.9. The van der Waals surface area contributed by atoms with E-state index in [4.69, 9.17) is 4.42 Å². The molecule has 1 aromatic heterocycles. The van der Waals surface area contributed by atoms with E-state index < -0.39 is 0 Å². The van der Waals surface area contributed by atoms with Crippen molar-refractivity contribution < 1.29 is 9.21 Å². The van der Waals surface area contributed by atoms with Gasteiger partial charge in [0, 0.05) is 16.2 Å². The van der Waals surface area contributed by atoms with E-state index in [1.54, 1.807) is 24.1 Å². The summed E-state index contributed by atoms with van der Waals surface area (Å²) in [4.78, 5) is 13.3. The van der Waals surface area contributed by atoms with Gasteiger partial charge in [0.1, 0.15) is 5.76 Å². The maximum Gasteiger partial charge on any atom is 0.251 e. The fraction of sp³-hybridized carbons (Fsp3) is 0.105. The maximum atomic E-state index is 12.1. The van der Waals surface area contributed by atoms with Crippen molar-refractivity contribution in [2.24, 2.45) is 0 Å². The molecule has 3 nitrogen and oxygen atoms in total. The van der Waals surface area contributed by atoms with Crippen LogP contribution >= 0.6 is 11.8 Å². The van der Waals surface area contributed by atoms with Gasteiger partial charge in [-0.15, -0.1) is 11.8 Å². The number of furan rings is 1. The minimum Gasteiger partial charge on any atom is -0.467 e. The van der Waals surface area contributed by atoms with Crippen molar-refractivity contribution in [1.29, 1.82) is 0 Å². The van der Waals surface area contributed by atoms with Gasteiger partial charge in [-0.2, -0.15) is 0 Å². The highest BCUT2D eigenvalue weighted by Crippen LogP contribution is 2.22. The first kappa shape index (κ1) is 15.4. The van der Waals surface area contributed by atoms with E-state index in [2.05, 4.69) is 17.4 Å². The first-order valence-electron chi connectivity index (χ1n) is 7.38. The van der Waals surface area contributed by atoms with E-state index in [0.29, 0.717) is 12.1 Å². The summed E-state index contributed by atoms with van der Waals surface area (Å²) in [5.74, 6) is 1.54. The molecule has 0 fully saturated rings. The number of nitrogens with one attached hydrogen (secondary N) is 1. The molecule has 2 aromatic carbocycles. The van der Waals surface area contributed by atoms with Crippen LogP contribution in [0.15, 0.2) is 82.3 Å². The lowest BCUT2D eigenvalue weighted by Gasteiger charge is -2.05. The molecule has 0 bridgehead atoms. The maximum absolute atomic E-state index is 12.1. The third-order valence-corrected chi connectivity index (χ3v) is 4.45. The first-order chi connectivity index (χ1) is 11.3. The number of carbonyl (C=O) groups is 1. The van der Waals surface area contributed by atoms with Gasteiger partial charge in [-0.1, -0.05) is 30.3 Å². The van der Waals surface area contributed by atoms with Crippen LogP contribution in [0, 0.1) is 0 Å². The van der Waals surface area contributed by atoms with Gasteiger partial charge in [0.25, 0.3) is 5.91 Å². The predicted molar refractivity (Wildman–Crippen MR) is 92.3 cm³/mol. The molecule has 0 saturated carbocycles. The summed E-state index contributed by atoms with van der Waals surface area (Å²) < 4.78 is 5.20. The van der Waals surface area contributed by atoms with Crippen molar-refractivity contribution in [2.45, 2.75) is 17.2 Å². The summed E-state index contributed by atoms with van der Waals surface area (Å²) in [6.07, 6.45) is 1.60. The molecule has 0 aliphatic rings. The Morgan fingerprint density at radius 3 is 2.43 bits per heavy atom. The van der Waals surface area contributed by atoms with Gasteiger partial charge in [-0.3, -0.25) is 4.79 Å². The lowest BCUT2D eigenvalue weighted by atomic mass is 10.1. The Morgan fingerprint density at radius 2 is 1.74 bits per heavy atom. The fourth-order valence-corrected chi connectivity index (χ4v) is 2.99. The topological polar surface area (TPSA) is 42.2 Å². The van der Waals surface area contributed by atoms with E-state index >= 15 is 0 Å². The minimum atomic E-state index is -0.0938. The zero-order valence-corrected chi connectivity index (χ0v) is 13.4. The highest BCUT2D eigenvalue weighted by Gasteiger charge is 2.06. The lowest BCUT2D eigenvalue weighted by molar-refractivity contribution is 0.0948. The molecule has 0 atom stereocenters. The van der Waals surface area contributed by atoms with Gasteiger partial charge in [0.05, 0.1) is 12.8 Å². The number of rotatable bonds is 6. The summed E-state index contributed by atoms with van der Waals surface area (Å²) in [5, 5.41) is 2.84. The van der Waals surface area contributed by atoms with Gasteiger partial charge >= 0.3 is 0 Å². The third kappa shape index (κ3) is 4.50. The van der Waals surface area contributed by atoms with Crippen molar-refractivity contribution in [3.63, 3.8) is 0 Å². The molecule has 0 spiro atoms. The van der Waals surface area contributed by atoms with Crippen LogP contribution in [0.25, 0.3) is 0 Å². The second-order valence-electron chi connectivity index (χ2n) is 5.06. The summed E-state index contributed by atoms with van der Waals surface area (Å²) in [5.41, 5.74) is 1.85. The highest BCUT2D eigenvalue weighted by atomic mass is 32.2. The summed E-state index contributed by atoms with van der Waals surface area (Å²) in [6, 6.07) is 21.6. The van der Waals surface area contributed by atoms with Crippen LogP contribution in [0.4, 0.5) is 0 Å². The standard InChI is InChI=1S/C19H17NO2S/c21-19(20-13-17-5-4-12-22-17)16-10-8-15(9-11-16)14-23-18-6-2-1-3-7-18/h1-12H,13-14H2,(H,20,21). The second kappa shape index (κ2) is 7.70. The van der Waals surface area contributed by atoms with E-state index in [1.807, 2.05) is 48.5 Å². The van der Waals surface area contributed by atoms with Crippen LogP contribution in [-0.2, 0) is 12.3 Å². The number of hydrogen-bond acceptors (Lipinski definition) is 3. The Hall–Kier alpha value is -2.46. The highest BCUT2D eigenvalue weighted by molar-refractivity contribution is 7.98. The lowest BCUT2D eigenvalue weighted by Crippen LogP contribution is -2.22. The molecular formula is C19H17NO2S. The normalized spacial score (nSPS) is 10.4. The van der Waals surface area contributed by atoms with E-state index in [0.717, 1.165) is 11.5 Å². The molecule has 0 radical (unpaired) electrons. The van der Waals surface area contributed by atoms with E-state index in [1.165, 1.54) is 10.5 Å². The quantitative estimate of drug-likeness (QED) is 0.679. The van der Waals surface area contributed by atoms with Crippen LogP contribution in [-0.4, -0.2) is 5.91 Å². The van der Waals surface area contributed by atoms with Crippen LogP contribution in [0.5, 0.6) is 0 Å². The Kier molecular flexibility index (Phi) is 5.17. The molecule has 0 unspecified atom stereocenters. The molecule has 4 heteroatoms. The van der Waals surface area contributed by atoms with Crippen molar-refractivity contribution >= 4 is 17.7 Å². The molecule has 1 heterocycles. The van der Waals surface area contributed by atoms with Crippen LogP contribution in [0.2, 0.25) is 0 Å². The number of thioether (sulfide) groups is 1. The smallest absolute Gasteiger partial charge is 0.251 e. The molecule has 1 N–H and O–H groups in total. The number of amides is 1. The molecule has 0 aliphatic heterocycles. The Morgan fingerprint density at radius 1 is 0.957 bits per heavy atom. The molecular weight excluding hydrogens is 306 g/mol. The molecule has 3 aromatic rings. The van der Waals surface area contributed by atoms with E-state index in [-0.39, 0.29) is 5.91 Å². The molecule has 0 aliphatic carbocycles. The summed E-state index contributed by atoms with van der Waals surface area (Å²) in [6.45, 7) is 0.400. The predicted octanol–water partition coefficient (Wildman–Crippen LogP) is 4.50. The van der Waals surface area contributed by atoms with Gasteiger partial charge in [0.2, 0.25) is 0 Å². The number of benzene rings is 2. The largest absolute Gasteiger partial charge is 0.467 e. The van der Waals surface area contributed by atoms with Gasteiger partial charge in [-0.05, 0) is 42.0 Å². The molecule has 0 saturated heterocycles. The Labute approximate surface area is 139 Å². The Bertz CT molecular complexity index is 737. The number of carbonyl (C=O) groups excluding carboxylic acids is 1. The molecule has 23 heavy (non-hydrogen) atoms. The van der Waals surface area contributed by atoms with E-state index in [9.17, 15) is 4.79 Å². The molecule has 1 amide bonds. The van der Waals surface area contributed by atoms with Crippen LogP contribution in [0.3, 0.4) is 0 Å². The summed E-state index contributed by atoms with van der Waals surface area (Å²) in [7, 11) is 0. The SMILES string of the molecule is O=C(NCc1ccco1)c1ccc(CSc2ccccc2)cc1.